The number of aliphatic hydroxyl groups excluding tert-OH is 1. The van der Waals surface area contributed by atoms with Crippen molar-refractivity contribution in [2.24, 2.45) is 5.92 Å². The van der Waals surface area contributed by atoms with Gasteiger partial charge in [-0.05, 0) is 102 Å². The molecular formula is C28H42N6O. The van der Waals surface area contributed by atoms with Crippen LogP contribution in [-0.2, 0) is 0 Å². The first-order chi connectivity index (χ1) is 17.0. The van der Waals surface area contributed by atoms with E-state index in [0.717, 1.165) is 54.5 Å². The summed E-state index contributed by atoms with van der Waals surface area (Å²) in [5.74, 6) is 3.00. The van der Waals surface area contributed by atoms with Crippen LogP contribution in [0.1, 0.15) is 87.1 Å². The number of aryl methyl sites for hydroxylation is 2. The van der Waals surface area contributed by atoms with Gasteiger partial charge in [0.15, 0.2) is 0 Å². The predicted octanol–water partition coefficient (Wildman–Crippen LogP) is 5.32. The molecule has 0 atom stereocenters. The molecule has 1 aliphatic heterocycles. The maximum absolute atomic E-state index is 9.96. The Morgan fingerprint density at radius 1 is 0.914 bits per heavy atom. The zero-order valence-corrected chi connectivity index (χ0v) is 21.5. The fraction of sp³-hybridized carbons (Fsp3) is 0.679. The normalized spacial score (nSPS) is 24.5. The van der Waals surface area contributed by atoms with Crippen molar-refractivity contribution in [1.82, 2.24) is 19.9 Å². The van der Waals surface area contributed by atoms with E-state index in [9.17, 15) is 5.11 Å². The molecule has 5 rings (SSSR count). The third kappa shape index (κ3) is 6.50. The second-order valence-electron chi connectivity index (χ2n) is 11.1. The van der Waals surface area contributed by atoms with E-state index in [1.54, 1.807) is 0 Å². The molecule has 2 aromatic rings. The minimum Gasteiger partial charge on any atom is -0.393 e. The summed E-state index contributed by atoms with van der Waals surface area (Å²) in [6, 6.07) is 4.41. The number of likely N-dealkylation sites (tertiary alicyclic amines) is 1. The van der Waals surface area contributed by atoms with Crippen molar-refractivity contribution in [3.05, 3.63) is 35.3 Å². The molecule has 7 heteroatoms. The average molecular weight is 479 g/mol. The Morgan fingerprint density at radius 3 is 2.29 bits per heavy atom. The number of piperidine rings is 1. The summed E-state index contributed by atoms with van der Waals surface area (Å²) >= 11 is 0. The van der Waals surface area contributed by atoms with E-state index in [1.807, 2.05) is 32.2 Å². The fourth-order valence-electron chi connectivity index (χ4n) is 6.30. The average Bonchev–Trinajstić information content (AvgIpc) is 3.34. The molecule has 190 valence electrons. The molecule has 0 unspecified atom stereocenters. The third-order valence-electron chi connectivity index (χ3n) is 8.21. The van der Waals surface area contributed by atoms with Crippen LogP contribution in [0.2, 0.25) is 0 Å². The Labute approximate surface area is 210 Å². The largest absolute Gasteiger partial charge is 0.393 e. The van der Waals surface area contributed by atoms with Crippen LogP contribution >= 0.6 is 0 Å². The lowest BCUT2D eigenvalue weighted by molar-refractivity contribution is 0.126. The highest BCUT2D eigenvalue weighted by molar-refractivity contribution is 5.57. The monoisotopic (exact) mass is 478 g/mol. The van der Waals surface area contributed by atoms with Gasteiger partial charge in [0.1, 0.15) is 5.82 Å². The van der Waals surface area contributed by atoms with Crippen molar-refractivity contribution in [2.75, 3.05) is 30.3 Å². The Kier molecular flexibility index (Phi) is 7.83. The minimum absolute atomic E-state index is 0.155. The molecule has 3 heterocycles. The van der Waals surface area contributed by atoms with Crippen LogP contribution in [0.25, 0.3) is 0 Å². The Bertz CT molecular complexity index is 955. The summed E-state index contributed by atoms with van der Waals surface area (Å²) in [7, 11) is 0. The van der Waals surface area contributed by atoms with E-state index in [1.165, 1.54) is 63.7 Å². The number of anilines is 3. The van der Waals surface area contributed by atoms with E-state index in [0.29, 0.717) is 17.9 Å². The van der Waals surface area contributed by atoms with Crippen LogP contribution in [0.4, 0.5) is 17.5 Å². The lowest BCUT2D eigenvalue weighted by Crippen LogP contribution is -2.36. The standard InChI is InChI=1S/C28H42N6O/c1-19-15-24(16-20(2)30-19)32-28-29-17-26(27(33-28)31-23-7-9-25(35)10-8-23)22-11-13-34(14-12-22)18-21-5-3-4-6-21/h15-17,21-23,25,35H,3-14,18H2,1-2H3,(H2,29,30,31,32,33)/t23-,25-. The summed E-state index contributed by atoms with van der Waals surface area (Å²) < 4.78 is 0. The Morgan fingerprint density at radius 2 is 1.60 bits per heavy atom. The number of nitrogens with one attached hydrogen (secondary N) is 2. The van der Waals surface area contributed by atoms with E-state index in [4.69, 9.17) is 9.97 Å². The molecule has 3 N–H and O–H groups in total. The molecule has 0 bridgehead atoms. The zero-order valence-electron chi connectivity index (χ0n) is 21.5. The molecule has 1 saturated heterocycles. The molecule has 7 nitrogen and oxygen atoms in total. The number of hydrogen-bond acceptors (Lipinski definition) is 7. The van der Waals surface area contributed by atoms with Crippen LogP contribution in [0, 0.1) is 19.8 Å². The van der Waals surface area contributed by atoms with Crippen LogP contribution in [0.15, 0.2) is 18.3 Å². The van der Waals surface area contributed by atoms with Crippen LogP contribution in [0.3, 0.4) is 0 Å². The Hall–Kier alpha value is -2.25. The summed E-state index contributed by atoms with van der Waals surface area (Å²) in [6.07, 6.45) is 13.6. The number of hydrogen-bond donors (Lipinski definition) is 3. The van der Waals surface area contributed by atoms with Gasteiger partial charge in [-0.1, -0.05) is 12.8 Å². The van der Waals surface area contributed by atoms with Gasteiger partial charge >= 0.3 is 0 Å². The van der Waals surface area contributed by atoms with Gasteiger partial charge in [0.2, 0.25) is 5.95 Å². The van der Waals surface area contributed by atoms with Gasteiger partial charge in [-0.25, -0.2) is 4.98 Å². The predicted molar refractivity (Wildman–Crippen MR) is 141 cm³/mol. The number of nitrogens with zero attached hydrogens (tertiary/aromatic N) is 4. The number of rotatable bonds is 7. The highest BCUT2D eigenvalue weighted by Crippen LogP contribution is 2.35. The van der Waals surface area contributed by atoms with Crippen LogP contribution in [0.5, 0.6) is 0 Å². The van der Waals surface area contributed by atoms with Crippen molar-refractivity contribution >= 4 is 17.5 Å². The van der Waals surface area contributed by atoms with Crippen molar-refractivity contribution in [3.63, 3.8) is 0 Å². The van der Waals surface area contributed by atoms with Gasteiger partial charge in [0.25, 0.3) is 0 Å². The molecule has 2 aliphatic carbocycles. The van der Waals surface area contributed by atoms with E-state index < -0.39 is 0 Å². The summed E-state index contributed by atoms with van der Waals surface area (Å²) in [4.78, 5) is 16.9. The van der Waals surface area contributed by atoms with Gasteiger partial charge in [0, 0.05) is 41.4 Å². The summed E-state index contributed by atoms with van der Waals surface area (Å²) in [5, 5.41) is 17.1. The Balaban J connectivity index is 1.31. The first kappa shape index (κ1) is 24.4. The second kappa shape index (κ2) is 11.2. The molecule has 2 saturated carbocycles. The number of aliphatic hydroxyl groups is 1. The highest BCUT2D eigenvalue weighted by atomic mass is 16.3. The van der Waals surface area contributed by atoms with Crippen molar-refractivity contribution in [1.29, 1.82) is 0 Å². The smallest absolute Gasteiger partial charge is 0.229 e. The molecule has 0 amide bonds. The molecule has 3 aliphatic rings. The van der Waals surface area contributed by atoms with Gasteiger partial charge in [-0.15, -0.1) is 0 Å². The topological polar surface area (TPSA) is 86.2 Å². The minimum atomic E-state index is -0.155. The molecule has 0 spiro atoms. The fourth-order valence-corrected chi connectivity index (χ4v) is 6.30. The zero-order chi connectivity index (χ0) is 24.2. The quantitative estimate of drug-likeness (QED) is 0.497. The maximum atomic E-state index is 9.96. The van der Waals surface area contributed by atoms with Crippen molar-refractivity contribution < 1.29 is 5.11 Å². The van der Waals surface area contributed by atoms with Gasteiger partial charge in [-0.2, -0.15) is 4.98 Å². The second-order valence-corrected chi connectivity index (χ2v) is 11.1. The van der Waals surface area contributed by atoms with E-state index >= 15 is 0 Å². The SMILES string of the molecule is Cc1cc(Nc2ncc(C3CCN(CC4CCCC4)CC3)c(N[C@H]3CC[C@H](O)CC3)n2)cc(C)n1. The molecule has 3 fully saturated rings. The van der Waals surface area contributed by atoms with Crippen molar-refractivity contribution in [3.8, 4) is 0 Å². The van der Waals surface area contributed by atoms with Gasteiger partial charge in [-0.3, -0.25) is 4.98 Å². The highest BCUT2D eigenvalue weighted by Gasteiger charge is 2.28. The molecule has 2 aromatic heterocycles. The lowest BCUT2D eigenvalue weighted by atomic mass is 9.89. The molecule has 0 radical (unpaired) electrons. The van der Waals surface area contributed by atoms with E-state index in [-0.39, 0.29) is 6.10 Å². The first-order valence-electron chi connectivity index (χ1n) is 13.8. The lowest BCUT2D eigenvalue weighted by Gasteiger charge is -2.34. The summed E-state index contributed by atoms with van der Waals surface area (Å²) in [6.45, 7) is 7.64. The van der Waals surface area contributed by atoms with Gasteiger partial charge < -0.3 is 20.6 Å². The van der Waals surface area contributed by atoms with Crippen molar-refractivity contribution in [2.45, 2.75) is 96.1 Å². The molecule has 35 heavy (non-hydrogen) atoms. The van der Waals surface area contributed by atoms with Gasteiger partial charge in [0.05, 0.1) is 6.10 Å². The number of aromatic nitrogens is 3. The number of pyridine rings is 1. The maximum Gasteiger partial charge on any atom is 0.229 e. The summed E-state index contributed by atoms with van der Waals surface area (Å²) in [5.41, 5.74) is 4.18. The third-order valence-corrected chi connectivity index (χ3v) is 8.21. The molecular weight excluding hydrogens is 436 g/mol. The molecule has 0 aromatic carbocycles. The first-order valence-corrected chi connectivity index (χ1v) is 13.8. The van der Waals surface area contributed by atoms with E-state index in [2.05, 4.69) is 20.5 Å². The van der Waals surface area contributed by atoms with Crippen LogP contribution < -0.4 is 10.6 Å². The van der Waals surface area contributed by atoms with Crippen LogP contribution in [-0.4, -0.2) is 56.7 Å².